The highest BCUT2D eigenvalue weighted by atomic mass is 16.5. The van der Waals surface area contributed by atoms with Crippen LogP contribution in [0.15, 0.2) is 52.4 Å². The van der Waals surface area contributed by atoms with Gasteiger partial charge in [0.2, 0.25) is 0 Å². The molecule has 0 heterocycles. The van der Waals surface area contributed by atoms with E-state index in [9.17, 15) is 10.2 Å². The van der Waals surface area contributed by atoms with Gasteiger partial charge in [-0.1, -0.05) is 53.7 Å². The Kier molecular flexibility index (Phi) is 7.63. The van der Waals surface area contributed by atoms with Crippen molar-refractivity contribution in [2.45, 2.75) is 66.2 Å². The van der Waals surface area contributed by atoms with E-state index < -0.39 is 0 Å². The molecule has 2 N–H and O–H groups in total. The first-order valence-corrected chi connectivity index (χ1v) is 12.1. The molecule has 0 amide bonds. The van der Waals surface area contributed by atoms with E-state index in [1.165, 1.54) is 0 Å². The lowest BCUT2D eigenvalue weighted by Crippen LogP contribution is -2.12. The van der Waals surface area contributed by atoms with Crippen molar-refractivity contribution in [2.24, 2.45) is 9.98 Å². The van der Waals surface area contributed by atoms with Crippen molar-refractivity contribution in [3.63, 3.8) is 0 Å². The molecule has 0 aliphatic carbocycles. The average Bonchev–Trinajstić information content (AvgIpc) is 2.79. The summed E-state index contributed by atoms with van der Waals surface area (Å²) in [5, 5.41) is 21.3. The highest BCUT2D eigenvalue weighted by Gasteiger charge is 2.18. The molecular formula is C31H38N2O3. The number of aromatic hydroxyl groups is 2. The normalized spacial score (nSPS) is 12.6. The molecule has 0 radical (unpaired) electrons. The SMILES string of the molecule is COc1ccc(N=Cc2cc(C(C)(C)C)cc(C)c2O)c(N=Cc2cc(C(C)(C)C)cc(C)c2O)c1. The number of aryl methyl sites for hydroxylation is 2. The van der Waals surface area contributed by atoms with Crippen molar-refractivity contribution < 1.29 is 14.9 Å². The Balaban J connectivity index is 2.06. The van der Waals surface area contributed by atoms with Crippen LogP contribution in [-0.4, -0.2) is 29.8 Å². The second kappa shape index (κ2) is 10.2. The minimum atomic E-state index is -0.0613. The minimum Gasteiger partial charge on any atom is -0.507 e. The van der Waals surface area contributed by atoms with Crippen LogP contribution in [0.2, 0.25) is 0 Å². The zero-order valence-corrected chi connectivity index (χ0v) is 22.9. The van der Waals surface area contributed by atoms with Gasteiger partial charge in [0.05, 0.1) is 18.5 Å². The fourth-order valence-corrected chi connectivity index (χ4v) is 3.80. The van der Waals surface area contributed by atoms with E-state index >= 15 is 0 Å². The molecule has 0 saturated carbocycles. The van der Waals surface area contributed by atoms with Crippen LogP contribution < -0.4 is 4.74 Å². The van der Waals surface area contributed by atoms with E-state index in [4.69, 9.17) is 4.74 Å². The summed E-state index contributed by atoms with van der Waals surface area (Å²) < 4.78 is 5.40. The molecule has 36 heavy (non-hydrogen) atoms. The molecule has 0 atom stereocenters. The maximum atomic E-state index is 10.7. The summed E-state index contributed by atoms with van der Waals surface area (Å²) >= 11 is 0. The highest BCUT2D eigenvalue weighted by Crippen LogP contribution is 2.35. The quantitative estimate of drug-likeness (QED) is 0.361. The Morgan fingerprint density at radius 2 is 1.11 bits per heavy atom. The molecule has 0 bridgehead atoms. The van der Waals surface area contributed by atoms with Gasteiger partial charge in [-0.3, -0.25) is 9.98 Å². The number of phenolic OH excluding ortho intramolecular Hbond substituents is 2. The zero-order chi connectivity index (χ0) is 26.8. The van der Waals surface area contributed by atoms with Crippen LogP contribution in [-0.2, 0) is 10.8 Å². The largest absolute Gasteiger partial charge is 0.507 e. The smallest absolute Gasteiger partial charge is 0.127 e. The molecule has 0 unspecified atom stereocenters. The Hall–Kier alpha value is -3.60. The first-order valence-electron chi connectivity index (χ1n) is 12.1. The predicted molar refractivity (Wildman–Crippen MR) is 151 cm³/mol. The second-order valence-electron chi connectivity index (χ2n) is 11.3. The molecule has 0 aliphatic heterocycles. The molecule has 0 saturated heterocycles. The van der Waals surface area contributed by atoms with Crippen LogP contribution in [0, 0.1) is 13.8 Å². The van der Waals surface area contributed by atoms with Gasteiger partial charge in [0, 0.05) is 29.6 Å². The third-order valence-corrected chi connectivity index (χ3v) is 6.26. The Morgan fingerprint density at radius 3 is 1.53 bits per heavy atom. The van der Waals surface area contributed by atoms with Crippen LogP contribution in [0.5, 0.6) is 17.2 Å². The number of aliphatic imine (C=N–C) groups is 2. The van der Waals surface area contributed by atoms with Crippen LogP contribution >= 0.6 is 0 Å². The van der Waals surface area contributed by atoms with Crippen molar-refractivity contribution in [2.75, 3.05) is 7.11 Å². The zero-order valence-electron chi connectivity index (χ0n) is 22.9. The molecule has 3 rings (SSSR count). The third-order valence-electron chi connectivity index (χ3n) is 6.26. The molecule has 3 aromatic rings. The first kappa shape index (κ1) is 27.0. The van der Waals surface area contributed by atoms with E-state index in [0.29, 0.717) is 28.3 Å². The topological polar surface area (TPSA) is 74.4 Å². The van der Waals surface area contributed by atoms with Crippen molar-refractivity contribution in [1.82, 2.24) is 0 Å². The van der Waals surface area contributed by atoms with Gasteiger partial charge in [-0.25, -0.2) is 0 Å². The second-order valence-corrected chi connectivity index (χ2v) is 11.3. The average molecular weight is 487 g/mol. The fraction of sp³-hybridized carbons (Fsp3) is 0.355. The molecule has 0 aromatic heterocycles. The van der Waals surface area contributed by atoms with Crippen molar-refractivity contribution >= 4 is 23.8 Å². The number of hydrogen-bond acceptors (Lipinski definition) is 5. The highest BCUT2D eigenvalue weighted by molar-refractivity contribution is 5.90. The maximum Gasteiger partial charge on any atom is 0.127 e. The van der Waals surface area contributed by atoms with E-state index in [1.54, 1.807) is 25.6 Å². The molecule has 5 nitrogen and oxygen atoms in total. The summed E-state index contributed by atoms with van der Waals surface area (Å²) in [6.45, 7) is 16.6. The minimum absolute atomic E-state index is 0.0572. The van der Waals surface area contributed by atoms with Gasteiger partial charge in [-0.2, -0.15) is 0 Å². The van der Waals surface area contributed by atoms with E-state index in [2.05, 4.69) is 51.5 Å². The summed E-state index contributed by atoms with van der Waals surface area (Å²) in [4.78, 5) is 9.35. The lowest BCUT2D eigenvalue weighted by molar-refractivity contribution is 0.415. The van der Waals surface area contributed by atoms with Gasteiger partial charge in [0.1, 0.15) is 17.2 Å². The summed E-state index contributed by atoms with van der Waals surface area (Å²) in [5.74, 6) is 1.07. The molecule has 190 valence electrons. The number of rotatable bonds is 5. The fourth-order valence-electron chi connectivity index (χ4n) is 3.80. The van der Waals surface area contributed by atoms with Crippen LogP contribution in [0.4, 0.5) is 11.4 Å². The summed E-state index contributed by atoms with van der Waals surface area (Å²) in [6.07, 6.45) is 3.33. The Labute approximate surface area is 215 Å². The summed E-state index contributed by atoms with van der Waals surface area (Å²) in [7, 11) is 1.60. The van der Waals surface area contributed by atoms with E-state index in [0.717, 1.165) is 22.3 Å². The number of nitrogens with zero attached hydrogens (tertiary/aromatic N) is 2. The van der Waals surface area contributed by atoms with Crippen molar-refractivity contribution in [3.8, 4) is 17.2 Å². The van der Waals surface area contributed by atoms with Crippen LogP contribution in [0.3, 0.4) is 0 Å². The standard InChI is InChI=1S/C31H38N2O3/c1-19-12-23(30(3,4)5)14-21(28(19)34)17-32-26-11-10-25(36-9)16-27(26)33-18-22-15-24(31(6,7)8)13-20(2)29(22)35/h10-18,34-35H,1-9H3. The Morgan fingerprint density at radius 1 is 0.667 bits per heavy atom. The maximum absolute atomic E-state index is 10.7. The van der Waals surface area contributed by atoms with Crippen molar-refractivity contribution in [3.05, 3.63) is 75.8 Å². The molecular weight excluding hydrogens is 448 g/mol. The van der Waals surface area contributed by atoms with E-state index in [1.807, 2.05) is 50.2 Å². The number of hydrogen-bond donors (Lipinski definition) is 2. The monoisotopic (exact) mass is 486 g/mol. The van der Waals surface area contributed by atoms with Gasteiger partial charge in [0.15, 0.2) is 0 Å². The summed E-state index contributed by atoms with van der Waals surface area (Å²) in [5.41, 5.74) is 6.23. The molecule has 3 aromatic carbocycles. The third kappa shape index (κ3) is 6.14. The lowest BCUT2D eigenvalue weighted by Gasteiger charge is -2.21. The lowest BCUT2D eigenvalue weighted by atomic mass is 9.85. The number of phenols is 2. The van der Waals surface area contributed by atoms with Gasteiger partial charge in [0.25, 0.3) is 0 Å². The summed E-state index contributed by atoms with van der Waals surface area (Å²) in [6, 6.07) is 13.4. The predicted octanol–water partition coefficient (Wildman–Crippen LogP) is 7.82. The number of ether oxygens (including phenoxy) is 1. The van der Waals surface area contributed by atoms with Gasteiger partial charge < -0.3 is 14.9 Å². The number of benzene rings is 3. The van der Waals surface area contributed by atoms with Crippen molar-refractivity contribution in [1.29, 1.82) is 0 Å². The molecule has 0 fully saturated rings. The molecule has 0 spiro atoms. The molecule has 0 aliphatic rings. The van der Waals surface area contributed by atoms with Gasteiger partial charge >= 0.3 is 0 Å². The van der Waals surface area contributed by atoms with Crippen LogP contribution in [0.1, 0.15) is 74.9 Å². The first-order chi connectivity index (χ1) is 16.7. The number of methoxy groups -OCH3 is 1. The van der Waals surface area contributed by atoms with Gasteiger partial charge in [-0.05, 0) is 71.2 Å². The molecule has 5 heteroatoms. The Bertz CT molecular complexity index is 1320. The van der Waals surface area contributed by atoms with Gasteiger partial charge in [-0.15, -0.1) is 0 Å². The van der Waals surface area contributed by atoms with E-state index in [-0.39, 0.29) is 22.3 Å². The van der Waals surface area contributed by atoms with Crippen LogP contribution in [0.25, 0.3) is 0 Å².